The standard InChI is InChI=1S/C17H24ClNO3/c1-3-21-17(20)14-6-8-19(9-7-14)10-11-22-15-4-5-16(18)13(2)12-15/h4-5,12,14H,3,6-11H2,1-2H3. The Morgan fingerprint density at radius 2 is 2.09 bits per heavy atom. The number of hydrogen-bond acceptors (Lipinski definition) is 4. The zero-order valence-corrected chi connectivity index (χ0v) is 14.1. The van der Waals surface area contributed by atoms with Gasteiger partial charge in [0.15, 0.2) is 0 Å². The summed E-state index contributed by atoms with van der Waals surface area (Å²) < 4.78 is 10.8. The molecular formula is C17H24ClNO3. The van der Waals surface area contributed by atoms with E-state index in [2.05, 4.69) is 4.90 Å². The summed E-state index contributed by atoms with van der Waals surface area (Å²) in [6.45, 7) is 7.65. The van der Waals surface area contributed by atoms with E-state index in [-0.39, 0.29) is 11.9 Å². The second-order valence-corrected chi connectivity index (χ2v) is 6.03. The van der Waals surface area contributed by atoms with Crippen molar-refractivity contribution in [2.75, 3.05) is 32.8 Å². The van der Waals surface area contributed by atoms with Crippen molar-refractivity contribution in [3.63, 3.8) is 0 Å². The molecule has 0 atom stereocenters. The topological polar surface area (TPSA) is 38.8 Å². The summed E-state index contributed by atoms with van der Waals surface area (Å²) in [7, 11) is 0. The molecule has 2 rings (SSSR count). The summed E-state index contributed by atoms with van der Waals surface area (Å²) in [6, 6.07) is 5.70. The average molecular weight is 326 g/mol. The van der Waals surface area contributed by atoms with Gasteiger partial charge in [-0.05, 0) is 63.5 Å². The molecule has 0 unspecified atom stereocenters. The SMILES string of the molecule is CCOC(=O)C1CCN(CCOc2ccc(Cl)c(C)c2)CC1. The highest BCUT2D eigenvalue weighted by molar-refractivity contribution is 6.31. The molecule has 1 heterocycles. The number of carbonyl (C=O) groups excluding carboxylic acids is 1. The molecule has 5 heteroatoms. The summed E-state index contributed by atoms with van der Waals surface area (Å²) in [6.07, 6.45) is 1.75. The third-order valence-corrected chi connectivity index (χ3v) is 4.44. The lowest BCUT2D eigenvalue weighted by Gasteiger charge is -2.30. The van der Waals surface area contributed by atoms with Gasteiger partial charge in [-0.1, -0.05) is 11.6 Å². The fourth-order valence-electron chi connectivity index (χ4n) is 2.65. The summed E-state index contributed by atoms with van der Waals surface area (Å²) >= 11 is 6.00. The molecule has 0 aliphatic carbocycles. The van der Waals surface area contributed by atoms with Gasteiger partial charge in [0.25, 0.3) is 0 Å². The van der Waals surface area contributed by atoms with Crippen molar-refractivity contribution in [2.24, 2.45) is 5.92 Å². The Morgan fingerprint density at radius 3 is 2.73 bits per heavy atom. The molecular weight excluding hydrogens is 302 g/mol. The lowest BCUT2D eigenvalue weighted by Crippen LogP contribution is -2.39. The summed E-state index contributed by atoms with van der Waals surface area (Å²) in [5, 5.41) is 0.758. The van der Waals surface area contributed by atoms with Crippen LogP contribution in [0.5, 0.6) is 5.75 Å². The highest BCUT2D eigenvalue weighted by Gasteiger charge is 2.25. The summed E-state index contributed by atoms with van der Waals surface area (Å²) in [4.78, 5) is 14.0. The van der Waals surface area contributed by atoms with Crippen molar-refractivity contribution in [1.82, 2.24) is 4.90 Å². The highest BCUT2D eigenvalue weighted by Crippen LogP contribution is 2.21. The van der Waals surface area contributed by atoms with Crippen LogP contribution in [0, 0.1) is 12.8 Å². The van der Waals surface area contributed by atoms with Crippen molar-refractivity contribution in [3.8, 4) is 5.75 Å². The number of benzene rings is 1. The lowest BCUT2D eigenvalue weighted by atomic mass is 9.97. The Balaban J connectivity index is 1.68. The van der Waals surface area contributed by atoms with E-state index in [9.17, 15) is 4.79 Å². The molecule has 122 valence electrons. The van der Waals surface area contributed by atoms with Crippen LogP contribution in [0.3, 0.4) is 0 Å². The van der Waals surface area contributed by atoms with Crippen LogP contribution < -0.4 is 4.74 Å². The van der Waals surface area contributed by atoms with Gasteiger partial charge in [0.05, 0.1) is 12.5 Å². The molecule has 1 saturated heterocycles. The van der Waals surface area contributed by atoms with Crippen LogP contribution in [0.15, 0.2) is 18.2 Å². The van der Waals surface area contributed by atoms with Gasteiger partial charge in [-0.3, -0.25) is 9.69 Å². The molecule has 0 radical (unpaired) electrons. The zero-order chi connectivity index (χ0) is 15.9. The van der Waals surface area contributed by atoms with Crippen LogP contribution in [0.25, 0.3) is 0 Å². The van der Waals surface area contributed by atoms with Crippen molar-refractivity contribution >= 4 is 17.6 Å². The largest absolute Gasteiger partial charge is 0.492 e. The zero-order valence-electron chi connectivity index (χ0n) is 13.3. The van der Waals surface area contributed by atoms with Crippen LogP contribution in [0.1, 0.15) is 25.3 Å². The first-order valence-corrected chi connectivity index (χ1v) is 8.26. The number of aryl methyl sites for hydroxylation is 1. The molecule has 4 nitrogen and oxygen atoms in total. The predicted octanol–water partition coefficient (Wildman–Crippen LogP) is 3.30. The predicted molar refractivity (Wildman–Crippen MR) is 87.5 cm³/mol. The number of hydrogen-bond donors (Lipinski definition) is 0. The Morgan fingerprint density at radius 1 is 1.36 bits per heavy atom. The maximum absolute atomic E-state index is 11.7. The minimum atomic E-state index is -0.0463. The van der Waals surface area contributed by atoms with Gasteiger partial charge in [-0.25, -0.2) is 0 Å². The van der Waals surface area contributed by atoms with Crippen molar-refractivity contribution in [2.45, 2.75) is 26.7 Å². The van der Waals surface area contributed by atoms with Gasteiger partial charge in [0, 0.05) is 11.6 Å². The highest BCUT2D eigenvalue weighted by atomic mass is 35.5. The normalized spacial score (nSPS) is 16.5. The summed E-state index contributed by atoms with van der Waals surface area (Å²) in [5.74, 6) is 0.870. The van der Waals surface area contributed by atoms with E-state index in [0.717, 1.165) is 48.8 Å². The smallest absolute Gasteiger partial charge is 0.309 e. The van der Waals surface area contributed by atoms with E-state index in [1.807, 2.05) is 32.0 Å². The van der Waals surface area contributed by atoms with E-state index in [0.29, 0.717) is 13.2 Å². The molecule has 1 aromatic carbocycles. The fraction of sp³-hybridized carbons (Fsp3) is 0.588. The fourth-order valence-corrected chi connectivity index (χ4v) is 2.77. The maximum Gasteiger partial charge on any atom is 0.309 e. The first kappa shape index (κ1) is 17.1. The summed E-state index contributed by atoms with van der Waals surface area (Å²) in [5.41, 5.74) is 1.02. The molecule has 1 aliphatic rings. The second-order valence-electron chi connectivity index (χ2n) is 5.63. The van der Waals surface area contributed by atoms with Crippen LogP contribution in [-0.2, 0) is 9.53 Å². The molecule has 0 aromatic heterocycles. The number of halogens is 1. The average Bonchev–Trinajstić information content (AvgIpc) is 2.52. The second kappa shape index (κ2) is 8.39. The van der Waals surface area contributed by atoms with Crippen LogP contribution in [0.2, 0.25) is 5.02 Å². The molecule has 1 fully saturated rings. The monoisotopic (exact) mass is 325 g/mol. The lowest BCUT2D eigenvalue weighted by molar-refractivity contribution is -0.149. The molecule has 0 spiro atoms. The Bertz CT molecular complexity index is 499. The van der Waals surface area contributed by atoms with Crippen LogP contribution >= 0.6 is 11.6 Å². The van der Waals surface area contributed by atoms with Crippen LogP contribution in [-0.4, -0.2) is 43.7 Å². The van der Waals surface area contributed by atoms with E-state index >= 15 is 0 Å². The maximum atomic E-state index is 11.7. The van der Waals surface area contributed by atoms with Crippen molar-refractivity contribution < 1.29 is 14.3 Å². The number of rotatable bonds is 6. The number of esters is 1. The number of likely N-dealkylation sites (tertiary alicyclic amines) is 1. The van der Waals surface area contributed by atoms with Gasteiger partial charge in [0.2, 0.25) is 0 Å². The Kier molecular flexibility index (Phi) is 6.52. The van der Waals surface area contributed by atoms with Crippen molar-refractivity contribution in [1.29, 1.82) is 0 Å². The molecule has 0 saturated carbocycles. The van der Waals surface area contributed by atoms with Gasteiger partial charge >= 0.3 is 5.97 Å². The molecule has 0 amide bonds. The van der Waals surface area contributed by atoms with Gasteiger partial charge in [-0.2, -0.15) is 0 Å². The Labute approximate surface area is 137 Å². The first-order valence-electron chi connectivity index (χ1n) is 7.88. The van der Waals surface area contributed by atoms with E-state index in [1.165, 1.54) is 0 Å². The van der Waals surface area contributed by atoms with Gasteiger partial charge in [-0.15, -0.1) is 0 Å². The quantitative estimate of drug-likeness (QED) is 0.752. The third-order valence-electron chi connectivity index (χ3n) is 4.01. The number of ether oxygens (including phenoxy) is 2. The van der Waals surface area contributed by atoms with Crippen molar-refractivity contribution in [3.05, 3.63) is 28.8 Å². The molecule has 1 aliphatic heterocycles. The van der Waals surface area contributed by atoms with Gasteiger partial charge < -0.3 is 9.47 Å². The minimum absolute atomic E-state index is 0.0463. The van der Waals surface area contributed by atoms with E-state index < -0.39 is 0 Å². The van der Waals surface area contributed by atoms with Crippen LogP contribution in [0.4, 0.5) is 0 Å². The number of piperidine rings is 1. The molecule has 0 N–H and O–H groups in total. The Hall–Kier alpha value is -1.26. The van der Waals surface area contributed by atoms with Gasteiger partial charge in [0.1, 0.15) is 12.4 Å². The number of carbonyl (C=O) groups is 1. The first-order chi connectivity index (χ1) is 10.6. The third kappa shape index (κ3) is 4.89. The van der Waals surface area contributed by atoms with E-state index in [4.69, 9.17) is 21.1 Å². The molecule has 1 aromatic rings. The molecule has 22 heavy (non-hydrogen) atoms. The minimum Gasteiger partial charge on any atom is -0.492 e. The van der Waals surface area contributed by atoms with E-state index in [1.54, 1.807) is 0 Å². The number of nitrogens with zero attached hydrogens (tertiary/aromatic N) is 1. The molecule has 0 bridgehead atoms.